The van der Waals surface area contributed by atoms with E-state index in [0.29, 0.717) is 24.6 Å². The van der Waals surface area contributed by atoms with Crippen LogP contribution in [0.25, 0.3) is 0 Å². The molecule has 3 N–H and O–H groups in total. The third-order valence-corrected chi connectivity index (χ3v) is 5.06. The molecule has 0 aliphatic rings. The van der Waals surface area contributed by atoms with E-state index in [4.69, 9.17) is 17.3 Å². The number of benzene rings is 1. The van der Waals surface area contributed by atoms with Gasteiger partial charge in [-0.3, -0.25) is 4.79 Å². The van der Waals surface area contributed by atoms with E-state index in [1.165, 1.54) is 0 Å². The van der Waals surface area contributed by atoms with Gasteiger partial charge in [-0.25, -0.2) is 0 Å². The third kappa shape index (κ3) is 6.47. The van der Waals surface area contributed by atoms with Crippen molar-refractivity contribution in [1.29, 1.82) is 0 Å². The van der Waals surface area contributed by atoms with Crippen molar-refractivity contribution in [1.82, 2.24) is 5.32 Å². The van der Waals surface area contributed by atoms with Crippen LogP contribution in [0.1, 0.15) is 27.2 Å². The summed E-state index contributed by atoms with van der Waals surface area (Å²) in [6.45, 7) is 6.54. The maximum absolute atomic E-state index is 12.0. The summed E-state index contributed by atoms with van der Waals surface area (Å²) in [6.07, 6.45) is 0.457. The van der Waals surface area contributed by atoms with Gasteiger partial charge in [-0.05, 0) is 25.0 Å². The Balaban J connectivity index is 0.00000400. The summed E-state index contributed by atoms with van der Waals surface area (Å²) < 4.78 is 0. The number of halogens is 2. The van der Waals surface area contributed by atoms with Crippen LogP contribution in [0.3, 0.4) is 0 Å². The molecule has 1 amide bonds. The Kier molecular flexibility index (Phi) is 9.38. The van der Waals surface area contributed by atoms with Crippen molar-refractivity contribution in [3.05, 3.63) is 29.3 Å². The molecule has 0 aliphatic heterocycles. The first-order chi connectivity index (χ1) is 9.39. The highest BCUT2D eigenvalue weighted by molar-refractivity contribution is 7.99. The summed E-state index contributed by atoms with van der Waals surface area (Å²) in [7, 11) is 0. The number of thioether (sulfide) groups is 1. The minimum absolute atomic E-state index is 0. The number of hydrogen-bond acceptors (Lipinski definition) is 3. The molecule has 0 bridgehead atoms. The lowest BCUT2D eigenvalue weighted by atomic mass is 9.88. The van der Waals surface area contributed by atoms with Crippen LogP contribution < -0.4 is 11.1 Å². The smallest absolute Gasteiger partial charge is 0.221 e. The van der Waals surface area contributed by atoms with Crippen molar-refractivity contribution < 1.29 is 4.79 Å². The summed E-state index contributed by atoms with van der Waals surface area (Å²) in [5.41, 5.74) is 5.42. The van der Waals surface area contributed by atoms with Gasteiger partial charge in [0.05, 0.1) is 10.6 Å². The molecule has 0 aliphatic carbocycles. The number of nitrogens with two attached hydrogens (primary N) is 1. The number of hydrogen-bond donors (Lipinski definition) is 2. The highest BCUT2D eigenvalue weighted by Crippen LogP contribution is 2.27. The summed E-state index contributed by atoms with van der Waals surface area (Å²) in [6, 6.07) is 7.66. The van der Waals surface area contributed by atoms with Gasteiger partial charge in [0.1, 0.15) is 0 Å². The lowest BCUT2D eigenvalue weighted by molar-refractivity contribution is -0.122. The van der Waals surface area contributed by atoms with Crippen LogP contribution >= 0.6 is 35.8 Å². The highest BCUT2D eigenvalue weighted by atomic mass is 35.5. The zero-order chi connectivity index (χ0) is 15.2. The Hall–Kier alpha value is -0.420. The van der Waals surface area contributed by atoms with Crippen molar-refractivity contribution in [2.45, 2.75) is 37.6 Å². The number of nitrogens with one attached hydrogen (secondary N) is 1. The predicted octanol–water partition coefficient (Wildman–Crippen LogP) is 3.73. The molecule has 0 saturated heterocycles. The molecular formula is C15H24Cl2N2OS. The van der Waals surface area contributed by atoms with E-state index in [9.17, 15) is 4.79 Å². The largest absolute Gasteiger partial charge is 0.349 e. The van der Waals surface area contributed by atoms with E-state index in [1.807, 2.05) is 31.2 Å². The number of rotatable bonds is 7. The molecule has 120 valence electrons. The summed E-state index contributed by atoms with van der Waals surface area (Å²) >= 11 is 7.67. The van der Waals surface area contributed by atoms with Crippen molar-refractivity contribution in [2.75, 3.05) is 12.3 Å². The standard InChI is InChI=1S/C15H23ClN2OS.ClH/c1-11(2)15(3,10-17)18-14(19)8-9-20-13-7-5-4-6-12(13)16;/h4-7,11H,8-10,17H2,1-3H3,(H,18,19);1H. The first-order valence-electron chi connectivity index (χ1n) is 6.77. The molecule has 1 aromatic rings. The van der Waals surface area contributed by atoms with Gasteiger partial charge in [0.25, 0.3) is 0 Å². The molecule has 0 heterocycles. The average molecular weight is 351 g/mol. The molecule has 0 saturated carbocycles. The fourth-order valence-electron chi connectivity index (χ4n) is 1.63. The Morgan fingerprint density at radius 3 is 2.57 bits per heavy atom. The lowest BCUT2D eigenvalue weighted by Crippen LogP contribution is -2.55. The van der Waals surface area contributed by atoms with Gasteiger partial charge in [-0.2, -0.15) is 0 Å². The molecule has 1 unspecified atom stereocenters. The normalized spacial score (nSPS) is 13.4. The molecule has 21 heavy (non-hydrogen) atoms. The van der Waals surface area contributed by atoms with Crippen LogP contribution in [0.5, 0.6) is 0 Å². The van der Waals surface area contributed by atoms with E-state index in [-0.39, 0.29) is 23.9 Å². The summed E-state index contributed by atoms with van der Waals surface area (Å²) in [4.78, 5) is 13.0. The monoisotopic (exact) mass is 350 g/mol. The molecule has 0 radical (unpaired) electrons. The second-order valence-electron chi connectivity index (χ2n) is 5.35. The van der Waals surface area contributed by atoms with Crippen LogP contribution in [0, 0.1) is 5.92 Å². The Labute approximate surface area is 142 Å². The maximum atomic E-state index is 12.0. The minimum Gasteiger partial charge on any atom is -0.349 e. The van der Waals surface area contributed by atoms with Crippen LogP contribution in [0.2, 0.25) is 5.02 Å². The van der Waals surface area contributed by atoms with E-state index < -0.39 is 0 Å². The van der Waals surface area contributed by atoms with Crippen molar-refractivity contribution in [3.63, 3.8) is 0 Å². The minimum atomic E-state index is -0.341. The zero-order valence-electron chi connectivity index (χ0n) is 12.7. The topological polar surface area (TPSA) is 55.1 Å². The number of carbonyl (C=O) groups excluding carboxylic acids is 1. The maximum Gasteiger partial charge on any atom is 0.221 e. The number of carbonyl (C=O) groups is 1. The number of amides is 1. The van der Waals surface area contributed by atoms with Crippen molar-refractivity contribution in [2.24, 2.45) is 11.7 Å². The van der Waals surface area contributed by atoms with E-state index in [0.717, 1.165) is 9.92 Å². The van der Waals surface area contributed by atoms with E-state index in [1.54, 1.807) is 11.8 Å². The van der Waals surface area contributed by atoms with Crippen LogP contribution in [-0.2, 0) is 4.79 Å². The third-order valence-electron chi connectivity index (χ3n) is 3.55. The highest BCUT2D eigenvalue weighted by Gasteiger charge is 2.28. The van der Waals surface area contributed by atoms with E-state index >= 15 is 0 Å². The van der Waals surface area contributed by atoms with Gasteiger partial charge < -0.3 is 11.1 Å². The average Bonchev–Trinajstić information content (AvgIpc) is 2.40. The quantitative estimate of drug-likeness (QED) is 0.736. The molecule has 0 aromatic heterocycles. The summed E-state index contributed by atoms with van der Waals surface area (Å²) in [5, 5.41) is 3.76. The van der Waals surface area contributed by atoms with Crippen LogP contribution in [0.4, 0.5) is 0 Å². The lowest BCUT2D eigenvalue weighted by Gasteiger charge is -2.33. The molecule has 1 aromatic carbocycles. The van der Waals surface area contributed by atoms with Crippen LogP contribution in [0.15, 0.2) is 29.2 Å². The first-order valence-corrected chi connectivity index (χ1v) is 8.14. The Morgan fingerprint density at radius 2 is 2.05 bits per heavy atom. The fraction of sp³-hybridized carbons (Fsp3) is 0.533. The van der Waals surface area contributed by atoms with Crippen LogP contribution in [-0.4, -0.2) is 23.7 Å². The van der Waals surface area contributed by atoms with Crippen molar-refractivity contribution >= 4 is 41.7 Å². The second-order valence-corrected chi connectivity index (χ2v) is 6.90. The molecule has 0 fully saturated rings. The van der Waals surface area contributed by atoms with Crippen molar-refractivity contribution in [3.8, 4) is 0 Å². The van der Waals surface area contributed by atoms with Gasteiger partial charge in [0, 0.05) is 23.6 Å². The molecular weight excluding hydrogens is 327 g/mol. The van der Waals surface area contributed by atoms with Gasteiger partial charge in [-0.15, -0.1) is 24.2 Å². The summed E-state index contributed by atoms with van der Waals surface area (Å²) in [5.74, 6) is 1.03. The molecule has 1 atom stereocenters. The first kappa shape index (κ1) is 20.6. The Morgan fingerprint density at radius 1 is 1.43 bits per heavy atom. The fourth-order valence-corrected chi connectivity index (χ4v) is 2.82. The SMILES string of the molecule is CC(C)C(C)(CN)NC(=O)CCSc1ccccc1Cl.Cl. The van der Waals surface area contributed by atoms with E-state index in [2.05, 4.69) is 19.2 Å². The molecule has 6 heteroatoms. The van der Waals surface area contributed by atoms with Gasteiger partial charge in [0.15, 0.2) is 0 Å². The zero-order valence-corrected chi connectivity index (χ0v) is 15.1. The molecule has 1 rings (SSSR count). The molecule has 0 spiro atoms. The van der Waals surface area contributed by atoms with Gasteiger partial charge in [-0.1, -0.05) is 37.6 Å². The van der Waals surface area contributed by atoms with Gasteiger partial charge >= 0.3 is 0 Å². The van der Waals surface area contributed by atoms with Gasteiger partial charge in [0.2, 0.25) is 5.91 Å². The Bertz CT molecular complexity index is 457. The predicted molar refractivity (Wildman–Crippen MR) is 94.5 cm³/mol. The second kappa shape index (κ2) is 9.57. The molecule has 3 nitrogen and oxygen atoms in total.